The van der Waals surface area contributed by atoms with Crippen LogP contribution < -0.4 is 5.73 Å². The van der Waals surface area contributed by atoms with Crippen LogP contribution in [0, 0.1) is 5.41 Å². The molecule has 0 radical (unpaired) electrons. The molecule has 0 saturated carbocycles. The van der Waals surface area contributed by atoms with Crippen LogP contribution in [0.5, 0.6) is 0 Å². The van der Waals surface area contributed by atoms with Gasteiger partial charge in [0.15, 0.2) is 0 Å². The summed E-state index contributed by atoms with van der Waals surface area (Å²) in [5.74, 6) is -1.52. The van der Waals surface area contributed by atoms with Gasteiger partial charge in [-0.25, -0.2) is 4.79 Å². The summed E-state index contributed by atoms with van der Waals surface area (Å²) in [4.78, 5) is 24.2. The molecule has 0 aliphatic carbocycles. The average Bonchev–Trinajstić information content (AvgIpc) is 2.56. The quantitative estimate of drug-likeness (QED) is 0.602. The van der Waals surface area contributed by atoms with E-state index in [2.05, 4.69) is 0 Å². The molecule has 6 heteroatoms. The number of rotatable bonds is 2. The Bertz CT molecular complexity index is 324. The van der Waals surface area contributed by atoms with E-state index in [1.54, 1.807) is 0 Å². The molecule has 1 amide bonds. The number of carbonyl (C=O) groups excluding carboxylic acids is 1. The van der Waals surface area contributed by atoms with Crippen LogP contribution in [0.4, 0.5) is 0 Å². The highest BCUT2D eigenvalue weighted by molar-refractivity contribution is 5.88. The van der Waals surface area contributed by atoms with Gasteiger partial charge in [0, 0.05) is 13.0 Å². The van der Waals surface area contributed by atoms with Gasteiger partial charge in [-0.3, -0.25) is 4.79 Å². The lowest BCUT2D eigenvalue weighted by Gasteiger charge is -2.31. The van der Waals surface area contributed by atoms with Crippen LogP contribution in [-0.2, 0) is 9.59 Å². The first-order valence-electron chi connectivity index (χ1n) is 5.61. The highest BCUT2D eigenvalue weighted by Crippen LogP contribution is 2.24. The number of likely N-dealkylation sites (tertiary alicyclic amines) is 1. The highest BCUT2D eigenvalue weighted by atomic mass is 16.4. The summed E-state index contributed by atoms with van der Waals surface area (Å²) < 4.78 is 0. The molecule has 0 aromatic carbocycles. The number of nitrogens with two attached hydrogens (primary N) is 1. The summed E-state index contributed by atoms with van der Waals surface area (Å²) in [5.41, 5.74) is 5.38. The smallest absolute Gasteiger partial charge is 0.326 e. The number of carboxylic acids is 1. The molecule has 4 N–H and O–H groups in total. The molecule has 1 rings (SSSR count). The molecule has 0 spiro atoms. The molecule has 0 aromatic rings. The van der Waals surface area contributed by atoms with Gasteiger partial charge in [-0.1, -0.05) is 20.8 Å². The maximum Gasteiger partial charge on any atom is 0.326 e. The van der Waals surface area contributed by atoms with Crippen LogP contribution in [0.1, 0.15) is 27.2 Å². The van der Waals surface area contributed by atoms with E-state index in [-0.39, 0.29) is 13.0 Å². The predicted octanol–water partition coefficient (Wildman–Crippen LogP) is -0.594. The molecule has 0 bridgehead atoms. The molecule has 0 aromatic heterocycles. The average molecular weight is 244 g/mol. The van der Waals surface area contributed by atoms with Crippen molar-refractivity contribution >= 4 is 11.9 Å². The molecule has 1 saturated heterocycles. The molecule has 1 fully saturated rings. The summed E-state index contributed by atoms with van der Waals surface area (Å²) in [6.45, 7) is 5.49. The molecular weight excluding hydrogens is 224 g/mol. The second kappa shape index (κ2) is 4.62. The highest BCUT2D eigenvalue weighted by Gasteiger charge is 2.42. The Morgan fingerprint density at radius 2 is 1.94 bits per heavy atom. The minimum Gasteiger partial charge on any atom is -0.480 e. The zero-order chi connectivity index (χ0) is 13.4. The molecular formula is C11H20N2O4. The number of aliphatic hydroxyl groups excluding tert-OH is 1. The summed E-state index contributed by atoms with van der Waals surface area (Å²) in [7, 11) is 0. The number of carboxylic acid groups (broad SMARTS) is 1. The van der Waals surface area contributed by atoms with Crippen LogP contribution in [0.2, 0.25) is 0 Å². The van der Waals surface area contributed by atoms with E-state index >= 15 is 0 Å². The van der Waals surface area contributed by atoms with Gasteiger partial charge < -0.3 is 20.8 Å². The first-order valence-corrected chi connectivity index (χ1v) is 5.61. The second-order valence-corrected chi connectivity index (χ2v) is 5.58. The van der Waals surface area contributed by atoms with Gasteiger partial charge in [0.2, 0.25) is 5.91 Å². The van der Waals surface area contributed by atoms with E-state index in [0.717, 1.165) is 0 Å². The van der Waals surface area contributed by atoms with Gasteiger partial charge in [0.1, 0.15) is 6.04 Å². The lowest BCUT2D eigenvalue weighted by molar-refractivity contribution is -0.149. The fourth-order valence-corrected chi connectivity index (χ4v) is 1.84. The minimum absolute atomic E-state index is 0.0413. The molecule has 98 valence electrons. The van der Waals surface area contributed by atoms with Crippen molar-refractivity contribution in [3.63, 3.8) is 0 Å². The number of β-amino-alcohol motifs (C(OH)–C–C–N with tert-alkyl or cyclic N) is 1. The van der Waals surface area contributed by atoms with Gasteiger partial charge in [-0.15, -0.1) is 0 Å². The van der Waals surface area contributed by atoms with Crippen molar-refractivity contribution in [2.24, 2.45) is 11.1 Å². The Labute approximate surface area is 100 Å². The normalized spacial score (nSPS) is 27.0. The first kappa shape index (κ1) is 13.9. The standard InChI is InChI=1S/C11H20N2O4/c1-11(2,3)8(12)9(15)13-5-6(14)4-7(13)10(16)17/h6-8,14H,4-5,12H2,1-3H3,(H,16,17)/t6-,7+,8?/m1/s1. The second-order valence-electron chi connectivity index (χ2n) is 5.58. The molecule has 1 heterocycles. The number of aliphatic hydroxyl groups is 1. The number of carbonyl (C=O) groups is 2. The van der Waals surface area contributed by atoms with Gasteiger partial charge in [0.25, 0.3) is 0 Å². The van der Waals surface area contributed by atoms with Crippen LogP contribution >= 0.6 is 0 Å². The van der Waals surface area contributed by atoms with E-state index in [1.807, 2.05) is 20.8 Å². The van der Waals surface area contributed by atoms with E-state index < -0.39 is 35.5 Å². The minimum atomic E-state index is -1.10. The van der Waals surface area contributed by atoms with Crippen LogP contribution in [-0.4, -0.2) is 51.7 Å². The Balaban J connectivity index is 2.84. The lowest BCUT2D eigenvalue weighted by Crippen LogP contribution is -2.53. The Morgan fingerprint density at radius 1 is 1.41 bits per heavy atom. The van der Waals surface area contributed by atoms with Crippen LogP contribution in [0.3, 0.4) is 0 Å². The molecule has 1 aliphatic rings. The fourth-order valence-electron chi connectivity index (χ4n) is 1.84. The third kappa shape index (κ3) is 2.95. The molecule has 1 unspecified atom stereocenters. The zero-order valence-electron chi connectivity index (χ0n) is 10.4. The first-order chi connectivity index (χ1) is 7.64. The van der Waals surface area contributed by atoms with E-state index in [1.165, 1.54) is 4.90 Å². The Morgan fingerprint density at radius 3 is 2.35 bits per heavy atom. The van der Waals surface area contributed by atoms with Crippen molar-refractivity contribution in [3.8, 4) is 0 Å². The third-order valence-corrected chi connectivity index (χ3v) is 3.05. The lowest BCUT2D eigenvalue weighted by atomic mass is 9.86. The number of hydrogen-bond acceptors (Lipinski definition) is 4. The topological polar surface area (TPSA) is 104 Å². The summed E-state index contributed by atoms with van der Waals surface area (Å²) in [5, 5.41) is 18.4. The number of amides is 1. The van der Waals surface area contributed by atoms with Crippen LogP contribution in [0.25, 0.3) is 0 Å². The van der Waals surface area contributed by atoms with Crippen molar-refractivity contribution in [3.05, 3.63) is 0 Å². The van der Waals surface area contributed by atoms with Gasteiger partial charge in [-0.05, 0) is 5.41 Å². The maximum absolute atomic E-state index is 12.1. The van der Waals surface area contributed by atoms with Crippen molar-refractivity contribution in [1.82, 2.24) is 4.90 Å². The zero-order valence-corrected chi connectivity index (χ0v) is 10.4. The van der Waals surface area contributed by atoms with E-state index in [4.69, 9.17) is 10.8 Å². The van der Waals surface area contributed by atoms with Gasteiger partial charge in [0.05, 0.1) is 12.1 Å². The number of aliphatic carboxylic acids is 1. The van der Waals surface area contributed by atoms with Crippen molar-refractivity contribution in [2.45, 2.75) is 45.4 Å². The molecule has 1 aliphatic heterocycles. The maximum atomic E-state index is 12.1. The molecule has 3 atom stereocenters. The number of nitrogens with zero attached hydrogens (tertiary/aromatic N) is 1. The largest absolute Gasteiger partial charge is 0.480 e. The van der Waals surface area contributed by atoms with E-state index in [9.17, 15) is 14.7 Å². The van der Waals surface area contributed by atoms with Crippen molar-refractivity contribution in [1.29, 1.82) is 0 Å². The third-order valence-electron chi connectivity index (χ3n) is 3.05. The molecule has 17 heavy (non-hydrogen) atoms. The van der Waals surface area contributed by atoms with Gasteiger partial charge >= 0.3 is 5.97 Å². The fraction of sp³-hybridized carbons (Fsp3) is 0.818. The Kier molecular flexibility index (Phi) is 3.78. The summed E-state index contributed by atoms with van der Waals surface area (Å²) in [6.07, 6.45) is -0.718. The number of hydrogen-bond donors (Lipinski definition) is 3. The van der Waals surface area contributed by atoms with Crippen LogP contribution in [0.15, 0.2) is 0 Å². The molecule has 6 nitrogen and oxygen atoms in total. The monoisotopic (exact) mass is 244 g/mol. The van der Waals surface area contributed by atoms with Crippen molar-refractivity contribution in [2.75, 3.05) is 6.54 Å². The van der Waals surface area contributed by atoms with E-state index in [0.29, 0.717) is 0 Å². The predicted molar refractivity (Wildman–Crippen MR) is 61.2 cm³/mol. The van der Waals surface area contributed by atoms with Gasteiger partial charge in [-0.2, -0.15) is 0 Å². The summed E-state index contributed by atoms with van der Waals surface area (Å²) in [6, 6.07) is -1.74. The summed E-state index contributed by atoms with van der Waals surface area (Å²) >= 11 is 0. The SMILES string of the molecule is CC(C)(C)C(N)C(=O)N1C[C@H](O)C[C@H]1C(=O)O. The Hall–Kier alpha value is -1.14. The van der Waals surface area contributed by atoms with Crippen molar-refractivity contribution < 1.29 is 19.8 Å².